The number of nitrogens with one attached hydrogen (secondary N) is 1. The van der Waals surface area contributed by atoms with E-state index in [4.69, 9.17) is 11.6 Å². The van der Waals surface area contributed by atoms with Crippen molar-refractivity contribution < 1.29 is 13.2 Å². The SMILES string of the molecule is Cc1ccccc1NC=C1C(=O)c2sccc2N(Cc2ccc(Cl)cc2)S1(=O)=O. The van der Waals surface area contributed by atoms with Crippen molar-refractivity contribution in [3.8, 4) is 0 Å². The van der Waals surface area contributed by atoms with Crippen LogP contribution in [0.2, 0.25) is 5.02 Å². The zero-order valence-electron chi connectivity index (χ0n) is 15.4. The summed E-state index contributed by atoms with van der Waals surface area (Å²) in [6.45, 7) is 2.01. The van der Waals surface area contributed by atoms with E-state index < -0.39 is 15.8 Å². The van der Waals surface area contributed by atoms with Crippen LogP contribution in [0, 0.1) is 6.92 Å². The maximum absolute atomic E-state index is 13.3. The first kappa shape index (κ1) is 19.7. The number of carbonyl (C=O) groups is 1. The molecule has 0 fully saturated rings. The van der Waals surface area contributed by atoms with E-state index in [0.717, 1.165) is 16.8 Å². The number of Topliss-reactive ketones (excluding diaryl/α,β-unsaturated/α-hetero) is 1. The summed E-state index contributed by atoms with van der Waals surface area (Å²) in [6, 6.07) is 16.1. The first-order valence-electron chi connectivity index (χ1n) is 8.79. The summed E-state index contributed by atoms with van der Waals surface area (Å²) >= 11 is 7.17. The number of allylic oxidation sites excluding steroid dienone is 1. The second-order valence-electron chi connectivity index (χ2n) is 6.57. The molecule has 2 aromatic carbocycles. The van der Waals surface area contributed by atoms with E-state index in [-0.39, 0.29) is 11.4 Å². The fourth-order valence-corrected chi connectivity index (χ4v) is 5.70. The normalized spacial score (nSPS) is 16.7. The van der Waals surface area contributed by atoms with Crippen molar-refractivity contribution in [2.45, 2.75) is 13.5 Å². The number of rotatable bonds is 4. The molecule has 0 saturated carbocycles. The van der Waals surface area contributed by atoms with Crippen LogP contribution in [-0.4, -0.2) is 14.2 Å². The molecule has 0 bridgehead atoms. The van der Waals surface area contributed by atoms with E-state index in [1.165, 1.54) is 21.8 Å². The monoisotopic (exact) mass is 444 g/mol. The van der Waals surface area contributed by atoms with Crippen molar-refractivity contribution in [3.05, 3.63) is 92.1 Å². The minimum atomic E-state index is -4.03. The van der Waals surface area contributed by atoms with E-state index in [1.54, 1.807) is 35.7 Å². The first-order valence-corrected chi connectivity index (χ1v) is 11.5. The molecule has 0 amide bonds. The first-order chi connectivity index (χ1) is 13.9. The lowest BCUT2D eigenvalue weighted by Gasteiger charge is -2.29. The highest BCUT2D eigenvalue weighted by Gasteiger charge is 2.41. The Morgan fingerprint density at radius 2 is 1.83 bits per heavy atom. The molecule has 148 valence electrons. The van der Waals surface area contributed by atoms with Gasteiger partial charge in [-0.2, -0.15) is 0 Å². The van der Waals surface area contributed by atoms with Gasteiger partial charge in [0.05, 0.1) is 12.2 Å². The molecule has 1 aliphatic heterocycles. The summed E-state index contributed by atoms with van der Waals surface area (Å²) in [4.78, 5) is 13.1. The molecule has 0 saturated heterocycles. The molecule has 0 unspecified atom stereocenters. The number of benzene rings is 2. The number of aryl methyl sites for hydroxylation is 1. The van der Waals surface area contributed by atoms with E-state index in [9.17, 15) is 13.2 Å². The molecule has 8 heteroatoms. The van der Waals surface area contributed by atoms with Gasteiger partial charge in [0.1, 0.15) is 4.88 Å². The van der Waals surface area contributed by atoms with E-state index >= 15 is 0 Å². The maximum Gasteiger partial charge on any atom is 0.270 e. The van der Waals surface area contributed by atoms with Crippen LogP contribution in [0.1, 0.15) is 20.8 Å². The van der Waals surface area contributed by atoms with Crippen LogP contribution < -0.4 is 9.62 Å². The summed E-state index contributed by atoms with van der Waals surface area (Å²) in [6.07, 6.45) is 1.29. The van der Waals surface area contributed by atoms with Crippen LogP contribution in [0.25, 0.3) is 0 Å². The van der Waals surface area contributed by atoms with E-state index in [2.05, 4.69) is 5.32 Å². The standard InChI is InChI=1S/C21H17ClN2O3S2/c1-14-4-2-3-5-17(14)23-12-19-20(25)21-18(10-11-28-21)24(29(19,26)27)13-15-6-8-16(22)9-7-15/h2-12,23H,13H2,1H3. The van der Waals surface area contributed by atoms with Gasteiger partial charge in [-0.25, -0.2) is 8.42 Å². The fraction of sp³-hybridized carbons (Fsp3) is 0.0952. The average molecular weight is 445 g/mol. The number of fused-ring (bicyclic) bond motifs is 1. The Morgan fingerprint density at radius 1 is 1.10 bits per heavy atom. The molecule has 1 aliphatic rings. The van der Waals surface area contributed by atoms with Crippen LogP contribution in [-0.2, 0) is 16.6 Å². The summed E-state index contributed by atoms with van der Waals surface area (Å²) < 4.78 is 27.9. The van der Waals surface area contributed by atoms with Gasteiger partial charge in [-0.3, -0.25) is 9.10 Å². The Bertz CT molecular complexity index is 1210. The predicted molar refractivity (Wildman–Crippen MR) is 118 cm³/mol. The van der Waals surface area contributed by atoms with Crippen molar-refractivity contribution in [2.75, 3.05) is 9.62 Å². The lowest BCUT2D eigenvalue weighted by molar-refractivity contribution is 0.104. The Balaban J connectivity index is 1.75. The van der Waals surface area contributed by atoms with Crippen molar-refractivity contribution in [1.82, 2.24) is 0 Å². The summed E-state index contributed by atoms with van der Waals surface area (Å²) in [5.74, 6) is -0.497. The molecular weight excluding hydrogens is 428 g/mol. The Labute approximate surface area is 178 Å². The van der Waals surface area contributed by atoms with Gasteiger partial charge in [0.2, 0.25) is 5.78 Å². The summed E-state index contributed by atoms with van der Waals surface area (Å²) in [5.41, 5.74) is 2.86. The molecule has 4 rings (SSSR count). The van der Waals surface area contributed by atoms with Crippen LogP contribution in [0.3, 0.4) is 0 Å². The largest absolute Gasteiger partial charge is 0.360 e. The third kappa shape index (κ3) is 3.69. The highest BCUT2D eigenvalue weighted by atomic mass is 35.5. The number of thiophene rings is 1. The number of ketones is 1. The molecule has 0 radical (unpaired) electrons. The predicted octanol–water partition coefficient (Wildman–Crippen LogP) is 5.20. The fourth-order valence-electron chi connectivity index (χ4n) is 3.09. The topological polar surface area (TPSA) is 66.5 Å². The molecule has 3 aromatic rings. The maximum atomic E-state index is 13.3. The molecule has 1 N–H and O–H groups in total. The van der Waals surface area contributed by atoms with Crippen molar-refractivity contribution >= 4 is 50.1 Å². The summed E-state index contributed by atoms with van der Waals surface area (Å²) in [5, 5.41) is 5.28. The van der Waals surface area contributed by atoms with Gasteiger partial charge in [0, 0.05) is 16.9 Å². The van der Waals surface area contributed by atoms with Gasteiger partial charge in [-0.05, 0) is 47.7 Å². The van der Waals surface area contributed by atoms with Crippen molar-refractivity contribution in [2.24, 2.45) is 0 Å². The average Bonchev–Trinajstić information content (AvgIpc) is 3.17. The number of carbonyl (C=O) groups excluding carboxylic acids is 1. The minimum absolute atomic E-state index is 0.109. The second kappa shape index (κ2) is 7.67. The highest BCUT2D eigenvalue weighted by molar-refractivity contribution is 7.97. The van der Waals surface area contributed by atoms with Crippen LogP contribution >= 0.6 is 22.9 Å². The number of anilines is 2. The second-order valence-corrected chi connectivity index (χ2v) is 9.75. The van der Waals surface area contributed by atoms with Gasteiger partial charge >= 0.3 is 0 Å². The Hall–Kier alpha value is -2.61. The zero-order chi connectivity index (χ0) is 20.6. The quantitative estimate of drug-likeness (QED) is 0.562. The number of sulfonamides is 1. The number of nitrogens with zero attached hydrogens (tertiary/aromatic N) is 1. The van der Waals surface area contributed by atoms with Crippen molar-refractivity contribution in [1.29, 1.82) is 0 Å². The minimum Gasteiger partial charge on any atom is -0.360 e. The summed E-state index contributed by atoms with van der Waals surface area (Å²) in [7, 11) is -4.03. The molecule has 5 nitrogen and oxygen atoms in total. The van der Waals surface area contributed by atoms with Gasteiger partial charge in [0.25, 0.3) is 10.0 Å². The Morgan fingerprint density at radius 3 is 2.55 bits per heavy atom. The van der Waals surface area contributed by atoms with Gasteiger partial charge < -0.3 is 5.32 Å². The molecule has 1 aromatic heterocycles. The highest BCUT2D eigenvalue weighted by Crippen LogP contribution is 2.39. The van der Waals surface area contributed by atoms with Crippen LogP contribution in [0.5, 0.6) is 0 Å². The van der Waals surface area contributed by atoms with Gasteiger partial charge in [0.15, 0.2) is 4.91 Å². The number of para-hydroxylation sites is 1. The lowest BCUT2D eigenvalue weighted by Crippen LogP contribution is -2.38. The van der Waals surface area contributed by atoms with Crippen LogP contribution in [0.15, 0.2) is 71.1 Å². The lowest BCUT2D eigenvalue weighted by atomic mass is 10.2. The van der Waals surface area contributed by atoms with Crippen LogP contribution in [0.4, 0.5) is 11.4 Å². The Kier molecular flexibility index (Phi) is 5.21. The molecule has 0 aliphatic carbocycles. The van der Waals surface area contributed by atoms with E-state index in [0.29, 0.717) is 15.6 Å². The third-order valence-corrected chi connectivity index (χ3v) is 7.57. The van der Waals surface area contributed by atoms with E-state index in [1.807, 2.05) is 31.2 Å². The number of hydrogen-bond acceptors (Lipinski definition) is 5. The molecule has 2 heterocycles. The third-order valence-electron chi connectivity index (χ3n) is 4.65. The molecule has 0 spiro atoms. The van der Waals surface area contributed by atoms with Crippen molar-refractivity contribution in [3.63, 3.8) is 0 Å². The molecule has 29 heavy (non-hydrogen) atoms. The number of halogens is 1. The molecular formula is C21H17ClN2O3S2. The smallest absolute Gasteiger partial charge is 0.270 e. The number of hydrogen-bond donors (Lipinski definition) is 1. The zero-order valence-corrected chi connectivity index (χ0v) is 17.8. The van der Waals surface area contributed by atoms with Gasteiger partial charge in [-0.15, -0.1) is 11.3 Å². The van der Waals surface area contributed by atoms with Gasteiger partial charge in [-0.1, -0.05) is 41.9 Å². The molecule has 0 atom stereocenters.